The Hall–Kier alpha value is -2.76. The molecule has 0 atom stereocenters. The van der Waals surface area contributed by atoms with Crippen LogP contribution < -0.4 is 14.8 Å². The molecule has 1 aliphatic heterocycles. The van der Waals surface area contributed by atoms with E-state index in [4.69, 9.17) is 9.47 Å². The fourth-order valence-corrected chi connectivity index (χ4v) is 2.58. The smallest absolute Gasteiger partial charge is 0.231 e. The lowest BCUT2D eigenvalue weighted by Crippen LogP contribution is -2.06. The van der Waals surface area contributed by atoms with E-state index in [9.17, 15) is 0 Å². The Balaban J connectivity index is 1.61. The van der Waals surface area contributed by atoms with Crippen LogP contribution in [0, 0.1) is 13.8 Å². The minimum absolute atomic E-state index is 0.295. The molecule has 0 bridgehead atoms. The van der Waals surface area contributed by atoms with Crippen LogP contribution in [-0.2, 0) is 6.54 Å². The van der Waals surface area contributed by atoms with E-state index in [-0.39, 0.29) is 0 Å². The lowest BCUT2D eigenvalue weighted by molar-refractivity contribution is 0.174. The quantitative estimate of drug-likeness (QED) is 0.805. The lowest BCUT2D eigenvalue weighted by Gasteiger charge is -2.10. The summed E-state index contributed by atoms with van der Waals surface area (Å²) in [4.78, 5) is 4.48. The van der Waals surface area contributed by atoms with Crippen molar-refractivity contribution < 1.29 is 9.47 Å². The van der Waals surface area contributed by atoms with Gasteiger partial charge in [0.05, 0.1) is 5.69 Å². The van der Waals surface area contributed by atoms with Crippen molar-refractivity contribution in [3.05, 3.63) is 47.3 Å². The molecule has 2 aromatic heterocycles. The molecule has 3 aromatic rings. The Morgan fingerprint density at radius 3 is 2.86 bits per heavy atom. The second kappa shape index (κ2) is 4.91. The monoisotopic (exact) mass is 296 g/mol. The number of fused-ring (bicyclic) bond motifs is 2. The molecule has 0 saturated heterocycles. The van der Waals surface area contributed by atoms with Gasteiger partial charge in [-0.15, -0.1) is 0 Å². The number of anilines is 1. The van der Waals surface area contributed by atoms with Gasteiger partial charge in [-0.1, -0.05) is 6.07 Å². The average molecular weight is 296 g/mol. The number of benzene rings is 1. The summed E-state index contributed by atoms with van der Waals surface area (Å²) >= 11 is 0. The molecule has 112 valence electrons. The molecule has 4 rings (SSSR count). The van der Waals surface area contributed by atoms with Crippen LogP contribution >= 0.6 is 0 Å². The van der Waals surface area contributed by atoms with Crippen LogP contribution in [0.15, 0.2) is 30.3 Å². The van der Waals surface area contributed by atoms with E-state index in [0.717, 1.165) is 39.9 Å². The van der Waals surface area contributed by atoms with E-state index >= 15 is 0 Å². The van der Waals surface area contributed by atoms with Gasteiger partial charge in [0.2, 0.25) is 6.79 Å². The molecule has 0 radical (unpaired) electrons. The van der Waals surface area contributed by atoms with Crippen LogP contribution in [0.3, 0.4) is 0 Å². The van der Waals surface area contributed by atoms with Gasteiger partial charge in [0.1, 0.15) is 5.82 Å². The SMILES string of the molecule is Cc1cc(NCc2ccc3c(c2)OCO3)n2nc(C)cc2n1. The fraction of sp³-hybridized carbons (Fsp3) is 0.250. The summed E-state index contributed by atoms with van der Waals surface area (Å²) in [7, 11) is 0. The normalized spacial score (nSPS) is 12.8. The molecule has 0 unspecified atom stereocenters. The Morgan fingerprint density at radius 1 is 1.09 bits per heavy atom. The number of hydrogen-bond donors (Lipinski definition) is 1. The molecule has 1 N–H and O–H groups in total. The van der Waals surface area contributed by atoms with E-state index in [1.807, 2.05) is 48.7 Å². The second-order valence-electron chi connectivity index (χ2n) is 5.38. The number of aryl methyl sites for hydroxylation is 2. The maximum atomic E-state index is 5.41. The van der Waals surface area contributed by atoms with E-state index in [2.05, 4.69) is 15.4 Å². The fourth-order valence-electron chi connectivity index (χ4n) is 2.58. The summed E-state index contributed by atoms with van der Waals surface area (Å²) < 4.78 is 12.6. The van der Waals surface area contributed by atoms with Gasteiger partial charge in [0.25, 0.3) is 0 Å². The Kier molecular flexibility index (Phi) is 2.89. The van der Waals surface area contributed by atoms with Crippen molar-refractivity contribution in [3.63, 3.8) is 0 Å². The summed E-state index contributed by atoms with van der Waals surface area (Å²) in [6.07, 6.45) is 0. The summed E-state index contributed by atoms with van der Waals surface area (Å²) in [6.45, 7) is 4.91. The van der Waals surface area contributed by atoms with Crippen LogP contribution in [0.1, 0.15) is 17.0 Å². The van der Waals surface area contributed by atoms with Crippen molar-refractivity contribution in [2.75, 3.05) is 12.1 Å². The maximum Gasteiger partial charge on any atom is 0.231 e. The van der Waals surface area contributed by atoms with Gasteiger partial charge < -0.3 is 14.8 Å². The summed E-state index contributed by atoms with van der Waals surface area (Å²) in [6, 6.07) is 9.92. The lowest BCUT2D eigenvalue weighted by atomic mass is 10.2. The van der Waals surface area contributed by atoms with E-state index in [1.54, 1.807) is 0 Å². The first kappa shape index (κ1) is 12.9. The van der Waals surface area contributed by atoms with Crippen LogP contribution in [0.4, 0.5) is 5.82 Å². The summed E-state index contributed by atoms with van der Waals surface area (Å²) in [5.74, 6) is 2.52. The van der Waals surface area contributed by atoms with Crippen molar-refractivity contribution in [3.8, 4) is 11.5 Å². The van der Waals surface area contributed by atoms with Crippen molar-refractivity contribution in [2.45, 2.75) is 20.4 Å². The van der Waals surface area contributed by atoms with Gasteiger partial charge in [-0.05, 0) is 31.5 Å². The predicted molar refractivity (Wildman–Crippen MR) is 82.4 cm³/mol. The number of nitrogens with one attached hydrogen (secondary N) is 1. The zero-order valence-electron chi connectivity index (χ0n) is 12.5. The summed E-state index contributed by atoms with van der Waals surface area (Å²) in [5.41, 5.74) is 3.88. The third-order valence-corrected chi connectivity index (χ3v) is 3.59. The first-order valence-corrected chi connectivity index (χ1v) is 7.15. The third-order valence-electron chi connectivity index (χ3n) is 3.59. The minimum Gasteiger partial charge on any atom is -0.454 e. The highest BCUT2D eigenvalue weighted by atomic mass is 16.7. The zero-order valence-corrected chi connectivity index (χ0v) is 12.5. The van der Waals surface area contributed by atoms with Gasteiger partial charge in [0, 0.05) is 24.4 Å². The van der Waals surface area contributed by atoms with Crippen molar-refractivity contribution in [1.82, 2.24) is 14.6 Å². The highest BCUT2D eigenvalue weighted by molar-refractivity contribution is 5.51. The van der Waals surface area contributed by atoms with Gasteiger partial charge in [-0.2, -0.15) is 9.61 Å². The molecular formula is C16H16N4O2. The second-order valence-corrected chi connectivity index (χ2v) is 5.38. The highest BCUT2D eigenvalue weighted by Crippen LogP contribution is 2.32. The molecule has 1 aliphatic rings. The average Bonchev–Trinajstić information content (AvgIpc) is 3.09. The predicted octanol–water partition coefficient (Wildman–Crippen LogP) is 2.69. The van der Waals surface area contributed by atoms with Crippen LogP contribution in [0.5, 0.6) is 11.5 Å². The van der Waals surface area contributed by atoms with Crippen molar-refractivity contribution in [1.29, 1.82) is 0 Å². The Bertz CT molecular complexity index is 857. The molecule has 0 fully saturated rings. The maximum absolute atomic E-state index is 5.41. The highest BCUT2D eigenvalue weighted by Gasteiger charge is 2.13. The first-order chi connectivity index (χ1) is 10.7. The topological polar surface area (TPSA) is 60.7 Å². The van der Waals surface area contributed by atoms with Gasteiger partial charge in [-0.3, -0.25) is 0 Å². The van der Waals surface area contributed by atoms with E-state index < -0.39 is 0 Å². The standard InChI is InChI=1S/C16H16N4O2/c1-10-5-15(20-16(18-10)6-11(2)19-20)17-8-12-3-4-13-14(7-12)22-9-21-13/h3-7,17H,8-9H2,1-2H3. The number of hydrogen-bond acceptors (Lipinski definition) is 5. The number of ether oxygens (including phenoxy) is 2. The minimum atomic E-state index is 0.295. The van der Waals surface area contributed by atoms with Crippen LogP contribution in [0.2, 0.25) is 0 Å². The molecule has 0 amide bonds. The zero-order chi connectivity index (χ0) is 15.1. The van der Waals surface area contributed by atoms with E-state index in [0.29, 0.717) is 13.3 Å². The third kappa shape index (κ3) is 2.22. The summed E-state index contributed by atoms with van der Waals surface area (Å²) in [5, 5.41) is 7.88. The first-order valence-electron chi connectivity index (χ1n) is 7.15. The molecule has 3 heterocycles. The molecular weight excluding hydrogens is 280 g/mol. The van der Waals surface area contributed by atoms with Crippen LogP contribution in [-0.4, -0.2) is 21.4 Å². The number of aromatic nitrogens is 3. The number of rotatable bonds is 3. The van der Waals surface area contributed by atoms with E-state index in [1.165, 1.54) is 0 Å². The molecule has 6 heteroatoms. The molecule has 1 aromatic carbocycles. The van der Waals surface area contributed by atoms with Crippen molar-refractivity contribution >= 4 is 11.5 Å². The largest absolute Gasteiger partial charge is 0.454 e. The Labute approximate surface area is 127 Å². The molecule has 0 aliphatic carbocycles. The van der Waals surface area contributed by atoms with Gasteiger partial charge in [-0.25, -0.2) is 4.98 Å². The van der Waals surface area contributed by atoms with Crippen molar-refractivity contribution in [2.24, 2.45) is 0 Å². The molecule has 6 nitrogen and oxygen atoms in total. The molecule has 0 saturated carbocycles. The van der Waals surface area contributed by atoms with Gasteiger partial charge in [0.15, 0.2) is 17.1 Å². The molecule has 0 spiro atoms. The number of nitrogens with zero attached hydrogens (tertiary/aromatic N) is 3. The molecule has 22 heavy (non-hydrogen) atoms. The Morgan fingerprint density at radius 2 is 1.95 bits per heavy atom. The van der Waals surface area contributed by atoms with Crippen LogP contribution in [0.25, 0.3) is 5.65 Å². The van der Waals surface area contributed by atoms with Gasteiger partial charge >= 0.3 is 0 Å².